The summed E-state index contributed by atoms with van der Waals surface area (Å²) in [5, 5.41) is 6.56. The number of hydrogen-bond donors (Lipinski definition) is 1. The number of amides is 1. The number of rotatable bonds is 8. The van der Waals surface area contributed by atoms with E-state index >= 15 is 0 Å². The molecule has 130 valence electrons. The average Bonchev–Trinajstić information content (AvgIpc) is 3.04. The van der Waals surface area contributed by atoms with Gasteiger partial charge in [-0.3, -0.25) is 4.79 Å². The van der Waals surface area contributed by atoms with E-state index in [0.29, 0.717) is 18.1 Å². The van der Waals surface area contributed by atoms with Crippen molar-refractivity contribution in [2.24, 2.45) is 0 Å². The lowest BCUT2D eigenvalue weighted by atomic mass is 10.2. The zero-order valence-electron chi connectivity index (χ0n) is 13.3. The predicted octanol–water partition coefficient (Wildman–Crippen LogP) is 3.20. The molecule has 0 bridgehead atoms. The van der Waals surface area contributed by atoms with Crippen LogP contribution in [0.3, 0.4) is 0 Å². The van der Waals surface area contributed by atoms with Crippen molar-refractivity contribution in [3.05, 3.63) is 46.6 Å². The Labute approximate surface area is 143 Å². The fourth-order valence-corrected chi connectivity index (χ4v) is 2.14. The minimum absolute atomic E-state index is 0.0152. The normalized spacial score (nSPS) is 12.0. The van der Waals surface area contributed by atoms with E-state index in [1.54, 1.807) is 7.11 Å². The van der Waals surface area contributed by atoms with Crippen molar-refractivity contribution in [1.29, 1.82) is 0 Å². The summed E-state index contributed by atoms with van der Waals surface area (Å²) < 4.78 is 28.6. The number of carbonyl (C=O) groups excluding carboxylic acids is 1. The van der Waals surface area contributed by atoms with Crippen LogP contribution in [0, 0.1) is 5.82 Å². The molecule has 1 N–H and O–H groups in total. The first kappa shape index (κ1) is 18.2. The number of ether oxygens (including phenoxy) is 2. The van der Waals surface area contributed by atoms with Crippen molar-refractivity contribution in [1.82, 2.24) is 10.5 Å². The third-order valence-electron chi connectivity index (χ3n) is 3.33. The molecule has 0 unspecified atom stereocenters. The van der Waals surface area contributed by atoms with Crippen LogP contribution >= 0.6 is 11.6 Å². The fraction of sp³-hybridized carbons (Fsp3) is 0.375. The van der Waals surface area contributed by atoms with E-state index < -0.39 is 5.82 Å². The molecular weight excluding hydrogens is 339 g/mol. The van der Waals surface area contributed by atoms with Crippen LogP contribution in [0.1, 0.15) is 29.6 Å². The maximum atomic E-state index is 13.0. The van der Waals surface area contributed by atoms with Gasteiger partial charge in [0.25, 0.3) is 5.91 Å². The van der Waals surface area contributed by atoms with Gasteiger partial charge in [-0.05, 0) is 24.6 Å². The highest BCUT2D eigenvalue weighted by molar-refractivity contribution is 6.32. The minimum atomic E-state index is -0.451. The second-order valence-electron chi connectivity index (χ2n) is 5.02. The molecule has 0 radical (unpaired) electrons. The molecule has 0 aliphatic rings. The molecule has 8 heteroatoms. The topological polar surface area (TPSA) is 73.6 Å². The summed E-state index contributed by atoms with van der Waals surface area (Å²) in [6.07, 6.45) is 0.733. The van der Waals surface area contributed by atoms with Crippen molar-refractivity contribution < 1.29 is 23.2 Å². The molecule has 2 rings (SSSR count). The summed E-state index contributed by atoms with van der Waals surface area (Å²) in [6, 6.07) is 5.27. The molecule has 0 saturated heterocycles. The molecule has 2 aromatic rings. The van der Waals surface area contributed by atoms with Gasteiger partial charge in [-0.1, -0.05) is 23.7 Å². The zero-order chi connectivity index (χ0) is 17.5. The maximum Gasteiger partial charge on any atom is 0.273 e. The van der Waals surface area contributed by atoms with E-state index in [4.69, 9.17) is 25.6 Å². The van der Waals surface area contributed by atoms with Gasteiger partial charge in [0, 0.05) is 19.7 Å². The van der Waals surface area contributed by atoms with Crippen molar-refractivity contribution in [2.75, 3.05) is 13.7 Å². The Bertz CT molecular complexity index is 688. The van der Waals surface area contributed by atoms with Crippen LogP contribution < -0.4 is 10.1 Å². The van der Waals surface area contributed by atoms with Crippen molar-refractivity contribution in [3.8, 4) is 5.75 Å². The van der Waals surface area contributed by atoms with Crippen LogP contribution in [0.5, 0.6) is 5.75 Å². The van der Waals surface area contributed by atoms with Crippen LogP contribution in [0.15, 0.2) is 28.8 Å². The molecule has 1 aromatic heterocycles. The van der Waals surface area contributed by atoms with Crippen LogP contribution in [-0.4, -0.2) is 30.8 Å². The van der Waals surface area contributed by atoms with Gasteiger partial charge in [0.2, 0.25) is 0 Å². The highest BCUT2D eigenvalue weighted by Gasteiger charge is 2.15. The Morgan fingerprint density at radius 2 is 2.25 bits per heavy atom. The monoisotopic (exact) mass is 356 g/mol. The number of aromatic nitrogens is 1. The lowest BCUT2D eigenvalue weighted by Crippen LogP contribution is -2.32. The Morgan fingerprint density at radius 3 is 2.92 bits per heavy atom. The zero-order valence-corrected chi connectivity index (χ0v) is 14.1. The number of nitrogens with zero attached hydrogens (tertiary/aromatic N) is 1. The molecule has 24 heavy (non-hydrogen) atoms. The SMILES string of the molecule is CC[C@H](CNC(=O)c1cc(COc2ccc(F)cc2Cl)on1)OC. The third-order valence-corrected chi connectivity index (χ3v) is 3.63. The van der Waals surface area contributed by atoms with Gasteiger partial charge < -0.3 is 19.3 Å². The smallest absolute Gasteiger partial charge is 0.273 e. The molecule has 0 aliphatic carbocycles. The standard InChI is InChI=1S/C16H18ClFN2O4/c1-3-11(22-2)8-19-16(21)14-7-12(24-20-14)9-23-15-5-4-10(18)6-13(15)17/h4-7,11H,3,8-9H2,1-2H3,(H,19,21)/t11-/m1/s1. The third kappa shape index (κ3) is 4.94. The minimum Gasteiger partial charge on any atom is -0.484 e. The highest BCUT2D eigenvalue weighted by Crippen LogP contribution is 2.25. The van der Waals surface area contributed by atoms with Crippen molar-refractivity contribution in [3.63, 3.8) is 0 Å². The van der Waals surface area contributed by atoms with Gasteiger partial charge in [0.15, 0.2) is 11.5 Å². The Morgan fingerprint density at radius 1 is 1.46 bits per heavy atom. The van der Waals surface area contributed by atoms with Gasteiger partial charge in [-0.15, -0.1) is 0 Å². The lowest BCUT2D eigenvalue weighted by Gasteiger charge is -2.12. The summed E-state index contributed by atoms with van der Waals surface area (Å²) in [4.78, 5) is 12.0. The molecule has 0 spiro atoms. The van der Waals surface area contributed by atoms with Gasteiger partial charge in [0.05, 0.1) is 11.1 Å². The van der Waals surface area contributed by atoms with E-state index in [-0.39, 0.29) is 29.3 Å². The summed E-state index contributed by atoms with van der Waals surface area (Å²) in [5.41, 5.74) is 0.143. The van der Waals surface area contributed by atoms with Crippen molar-refractivity contribution in [2.45, 2.75) is 26.1 Å². The predicted molar refractivity (Wildman–Crippen MR) is 85.7 cm³/mol. The van der Waals surface area contributed by atoms with Crippen LogP contribution in [0.4, 0.5) is 4.39 Å². The molecule has 0 saturated carbocycles. The molecular formula is C16H18ClFN2O4. The summed E-state index contributed by atoms with van der Waals surface area (Å²) >= 11 is 5.86. The van der Waals surface area contributed by atoms with Gasteiger partial charge in [-0.25, -0.2) is 4.39 Å². The van der Waals surface area contributed by atoms with Crippen LogP contribution in [-0.2, 0) is 11.3 Å². The van der Waals surface area contributed by atoms with E-state index in [1.165, 1.54) is 18.2 Å². The summed E-state index contributed by atoms with van der Waals surface area (Å²) in [5.74, 6) is -0.154. The molecule has 6 nitrogen and oxygen atoms in total. The van der Waals surface area contributed by atoms with E-state index in [9.17, 15) is 9.18 Å². The average molecular weight is 357 g/mol. The first-order chi connectivity index (χ1) is 11.5. The lowest BCUT2D eigenvalue weighted by molar-refractivity contribution is 0.0809. The number of nitrogens with one attached hydrogen (secondary N) is 1. The Hall–Kier alpha value is -2.12. The van der Waals surface area contributed by atoms with Gasteiger partial charge in [0.1, 0.15) is 18.2 Å². The molecule has 0 fully saturated rings. The first-order valence-electron chi connectivity index (χ1n) is 7.38. The molecule has 1 aromatic carbocycles. The van der Waals surface area contributed by atoms with E-state index in [2.05, 4.69) is 10.5 Å². The Balaban J connectivity index is 1.89. The second kappa shape index (κ2) is 8.65. The molecule has 0 aliphatic heterocycles. The maximum absolute atomic E-state index is 13.0. The first-order valence-corrected chi connectivity index (χ1v) is 7.75. The number of halogens is 2. The van der Waals surface area contributed by atoms with Crippen molar-refractivity contribution >= 4 is 17.5 Å². The number of hydrogen-bond acceptors (Lipinski definition) is 5. The van der Waals surface area contributed by atoms with Gasteiger partial charge in [-0.2, -0.15) is 0 Å². The highest BCUT2D eigenvalue weighted by atomic mass is 35.5. The number of benzene rings is 1. The van der Waals surface area contributed by atoms with Gasteiger partial charge >= 0.3 is 0 Å². The number of methoxy groups -OCH3 is 1. The number of carbonyl (C=O) groups is 1. The van der Waals surface area contributed by atoms with Crippen LogP contribution in [0.25, 0.3) is 0 Å². The van der Waals surface area contributed by atoms with Crippen LogP contribution in [0.2, 0.25) is 5.02 Å². The van der Waals surface area contributed by atoms with E-state index in [1.807, 2.05) is 6.92 Å². The fourth-order valence-electron chi connectivity index (χ4n) is 1.92. The largest absolute Gasteiger partial charge is 0.484 e. The summed E-state index contributed by atoms with van der Waals surface area (Å²) in [6.45, 7) is 2.36. The second-order valence-corrected chi connectivity index (χ2v) is 5.43. The Kier molecular flexibility index (Phi) is 6.57. The summed E-state index contributed by atoms with van der Waals surface area (Å²) in [7, 11) is 1.59. The quantitative estimate of drug-likeness (QED) is 0.786. The van der Waals surface area contributed by atoms with E-state index in [0.717, 1.165) is 12.5 Å². The molecule has 1 amide bonds. The molecule has 1 heterocycles. The molecule has 1 atom stereocenters.